The Labute approximate surface area is 218 Å². The van der Waals surface area contributed by atoms with E-state index in [1.54, 1.807) is 12.1 Å². The zero-order valence-electron chi connectivity index (χ0n) is 20.0. The first kappa shape index (κ1) is 25.7. The van der Waals surface area contributed by atoms with Gasteiger partial charge in [0, 0.05) is 55.7 Å². The average Bonchev–Trinajstić information content (AvgIpc) is 2.89. The molecule has 0 radical (unpaired) electrons. The average molecular weight is 511 g/mol. The molecule has 0 spiro atoms. The van der Waals surface area contributed by atoms with Crippen LogP contribution in [0.15, 0.2) is 72.8 Å². The van der Waals surface area contributed by atoms with E-state index in [1.165, 1.54) is 11.1 Å². The Bertz CT molecular complexity index is 1060. The summed E-state index contributed by atoms with van der Waals surface area (Å²) in [4.78, 5) is 17.1. The fourth-order valence-electron chi connectivity index (χ4n) is 4.24. The van der Waals surface area contributed by atoms with E-state index < -0.39 is 0 Å². The van der Waals surface area contributed by atoms with Crippen molar-refractivity contribution in [2.45, 2.75) is 32.4 Å². The SMILES string of the molecule is O=C(CCc1ccc(CCN2CCN(Cc3ccc(Cl)cc3)CC2)cc1)OCc1ccc(Cl)cc1. The second-order valence-electron chi connectivity index (χ2n) is 9.10. The van der Waals surface area contributed by atoms with Gasteiger partial charge in [0.15, 0.2) is 0 Å². The quantitative estimate of drug-likeness (QED) is 0.311. The van der Waals surface area contributed by atoms with Gasteiger partial charge in [-0.05, 0) is 59.4 Å². The van der Waals surface area contributed by atoms with Crippen molar-refractivity contribution in [3.05, 3.63) is 105 Å². The molecule has 1 fully saturated rings. The van der Waals surface area contributed by atoms with E-state index in [9.17, 15) is 4.79 Å². The molecule has 3 aromatic rings. The summed E-state index contributed by atoms with van der Waals surface area (Å²) in [6.45, 7) is 6.73. The predicted molar refractivity (Wildman–Crippen MR) is 143 cm³/mol. The highest BCUT2D eigenvalue weighted by atomic mass is 35.5. The Kier molecular flexibility index (Phi) is 9.61. The maximum absolute atomic E-state index is 12.1. The topological polar surface area (TPSA) is 32.8 Å². The molecule has 0 bridgehead atoms. The van der Waals surface area contributed by atoms with Crippen molar-refractivity contribution in [3.8, 4) is 0 Å². The van der Waals surface area contributed by atoms with Gasteiger partial charge in [0.2, 0.25) is 0 Å². The molecule has 184 valence electrons. The van der Waals surface area contributed by atoms with Crippen LogP contribution in [0.1, 0.15) is 28.7 Å². The summed E-state index contributed by atoms with van der Waals surface area (Å²) >= 11 is 11.9. The van der Waals surface area contributed by atoms with Crippen molar-refractivity contribution in [1.82, 2.24) is 9.80 Å². The van der Waals surface area contributed by atoms with Gasteiger partial charge in [0.05, 0.1) is 0 Å². The number of nitrogens with zero attached hydrogens (tertiary/aromatic N) is 2. The zero-order chi connectivity index (χ0) is 24.5. The summed E-state index contributed by atoms with van der Waals surface area (Å²) < 4.78 is 5.37. The van der Waals surface area contributed by atoms with E-state index in [0.29, 0.717) is 17.9 Å². The number of esters is 1. The molecule has 4 nitrogen and oxygen atoms in total. The fourth-order valence-corrected chi connectivity index (χ4v) is 4.49. The number of halogens is 2. The molecule has 1 saturated heterocycles. The molecule has 0 aromatic heterocycles. The van der Waals surface area contributed by atoms with Crippen molar-refractivity contribution >= 4 is 29.2 Å². The van der Waals surface area contributed by atoms with Gasteiger partial charge in [-0.15, -0.1) is 0 Å². The zero-order valence-corrected chi connectivity index (χ0v) is 21.5. The summed E-state index contributed by atoms with van der Waals surface area (Å²) in [5, 5.41) is 1.47. The monoisotopic (exact) mass is 510 g/mol. The molecule has 1 aliphatic rings. The van der Waals surface area contributed by atoms with Crippen LogP contribution in [-0.2, 0) is 35.5 Å². The van der Waals surface area contributed by atoms with Crippen molar-refractivity contribution < 1.29 is 9.53 Å². The Hall–Kier alpha value is -2.37. The van der Waals surface area contributed by atoms with Crippen molar-refractivity contribution in [1.29, 1.82) is 0 Å². The molecular weight excluding hydrogens is 479 g/mol. The standard InChI is InChI=1S/C29H32Cl2N2O2/c30-27-10-5-25(6-11-27)21-33-19-17-32(18-20-33)16-15-24-3-1-23(2-4-24)9-14-29(34)35-22-26-7-12-28(31)13-8-26/h1-8,10-13H,9,14-22H2. The van der Waals surface area contributed by atoms with E-state index in [4.69, 9.17) is 27.9 Å². The van der Waals surface area contributed by atoms with Crippen LogP contribution >= 0.6 is 23.2 Å². The van der Waals surface area contributed by atoms with Crippen molar-refractivity contribution in [2.24, 2.45) is 0 Å². The third-order valence-electron chi connectivity index (χ3n) is 6.45. The number of hydrogen-bond acceptors (Lipinski definition) is 4. The number of carbonyl (C=O) groups excluding carboxylic acids is 1. The molecule has 35 heavy (non-hydrogen) atoms. The predicted octanol–water partition coefficient (Wildman–Crippen LogP) is 6.03. The Morgan fingerprint density at radius 2 is 1.14 bits per heavy atom. The van der Waals surface area contributed by atoms with Crippen LogP contribution in [0.5, 0.6) is 0 Å². The van der Waals surface area contributed by atoms with Gasteiger partial charge in [-0.1, -0.05) is 71.7 Å². The summed E-state index contributed by atoms with van der Waals surface area (Å²) in [7, 11) is 0. The summed E-state index contributed by atoms with van der Waals surface area (Å²) in [6, 6.07) is 24.1. The first-order chi connectivity index (χ1) is 17.0. The first-order valence-electron chi connectivity index (χ1n) is 12.2. The summed E-state index contributed by atoms with van der Waals surface area (Å²) in [5.41, 5.74) is 4.75. The number of aryl methyl sites for hydroxylation is 1. The molecule has 3 aromatic carbocycles. The number of piperazine rings is 1. The van der Waals surface area contributed by atoms with Crippen molar-refractivity contribution in [2.75, 3.05) is 32.7 Å². The summed E-state index contributed by atoms with van der Waals surface area (Å²) in [5.74, 6) is -0.181. The molecule has 1 aliphatic heterocycles. The lowest BCUT2D eigenvalue weighted by Gasteiger charge is -2.34. The van der Waals surface area contributed by atoms with E-state index in [1.807, 2.05) is 24.3 Å². The van der Waals surface area contributed by atoms with Crippen LogP contribution in [0.4, 0.5) is 0 Å². The highest BCUT2D eigenvalue weighted by molar-refractivity contribution is 6.30. The molecule has 1 heterocycles. The van der Waals surface area contributed by atoms with Crippen LogP contribution in [0, 0.1) is 0 Å². The van der Waals surface area contributed by atoms with Crippen LogP contribution < -0.4 is 0 Å². The van der Waals surface area contributed by atoms with E-state index in [0.717, 1.165) is 61.8 Å². The van der Waals surface area contributed by atoms with E-state index in [2.05, 4.69) is 46.2 Å². The van der Waals surface area contributed by atoms with Gasteiger partial charge in [0.1, 0.15) is 6.61 Å². The molecule has 0 saturated carbocycles. The highest BCUT2D eigenvalue weighted by Crippen LogP contribution is 2.14. The van der Waals surface area contributed by atoms with Gasteiger partial charge < -0.3 is 9.64 Å². The third kappa shape index (κ3) is 8.66. The molecule has 0 unspecified atom stereocenters. The molecule has 4 rings (SSSR count). The minimum atomic E-state index is -0.181. The van der Waals surface area contributed by atoms with Crippen LogP contribution in [0.2, 0.25) is 10.0 Å². The second-order valence-corrected chi connectivity index (χ2v) is 9.97. The largest absolute Gasteiger partial charge is 0.461 e. The van der Waals surface area contributed by atoms with E-state index in [-0.39, 0.29) is 12.6 Å². The van der Waals surface area contributed by atoms with E-state index >= 15 is 0 Å². The lowest BCUT2D eigenvalue weighted by molar-refractivity contribution is -0.144. The van der Waals surface area contributed by atoms with Gasteiger partial charge in [-0.3, -0.25) is 9.69 Å². The maximum atomic E-state index is 12.1. The molecule has 6 heteroatoms. The number of hydrogen-bond donors (Lipinski definition) is 0. The molecular formula is C29H32Cl2N2O2. The Morgan fingerprint density at radius 1 is 0.657 bits per heavy atom. The lowest BCUT2D eigenvalue weighted by Crippen LogP contribution is -2.46. The molecule has 0 atom stereocenters. The van der Waals surface area contributed by atoms with Crippen molar-refractivity contribution in [3.63, 3.8) is 0 Å². The molecule has 0 aliphatic carbocycles. The smallest absolute Gasteiger partial charge is 0.306 e. The number of rotatable bonds is 10. The van der Waals surface area contributed by atoms with Crippen LogP contribution in [-0.4, -0.2) is 48.5 Å². The normalized spacial score (nSPS) is 14.7. The summed E-state index contributed by atoms with van der Waals surface area (Å²) in [6.07, 6.45) is 2.11. The highest BCUT2D eigenvalue weighted by Gasteiger charge is 2.16. The Morgan fingerprint density at radius 3 is 1.74 bits per heavy atom. The maximum Gasteiger partial charge on any atom is 0.306 e. The van der Waals surface area contributed by atoms with Crippen LogP contribution in [0.25, 0.3) is 0 Å². The van der Waals surface area contributed by atoms with Crippen LogP contribution in [0.3, 0.4) is 0 Å². The number of carbonyl (C=O) groups is 1. The first-order valence-corrected chi connectivity index (χ1v) is 13.0. The van der Waals surface area contributed by atoms with Gasteiger partial charge in [-0.25, -0.2) is 0 Å². The fraction of sp³-hybridized carbons (Fsp3) is 0.345. The van der Waals surface area contributed by atoms with Gasteiger partial charge >= 0.3 is 5.97 Å². The minimum absolute atomic E-state index is 0.181. The lowest BCUT2D eigenvalue weighted by atomic mass is 10.1. The third-order valence-corrected chi connectivity index (χ3v) is 6.96. The second kappa shape index (κ2) is 13.1. The molecule has 0 N–H and O–H groups in total. The minimum Gasteiger partial charge on any atom is -0.461 e. The molecule has 0 amide bonds. The number of benzene rings is 3. The van der Waals surface area contributed by atoms with Gasteiger partial charge in [0.25, 0.3) is 0 Å². The Balaban J connectivity index is 1.12. The number of ether oxygens (including phenoxy) is 1. The van der Waals surface area contributed by atoms with Gasteiger partial charge in [-0.2, -0.15) is 0 Å².